The lowest BCUT2D eigenvalue weighted by atomic mass is 9.67. The van der Waals surface area contributed by atoms with Crippen LogP contribution in [0.15, 0.2) is 48.5 Å². The highest BCUT2D eigenvalue weighted by Crippen LogP contribution is 2.44. The molecule has 0 heterocycles. The molecule has 0 spiro atoms. The largest absolute Gasteiger partial charge is 0.464 e. The van der Waals surface area contributed by atoms with Crippen LogP contribution in [0.2, 0.25) is 0 Å². The topological polar surface area (TPSA) is 55.8 Å². The van der Waals surface area contributed by atoms with Crippen molar-refractivity contribution in [2.75, 3.05) is 54.5 Å². The van der Waals surface area contributed by atoms with Crippen LogP contribution in [-0.2, 0) is 25.6 Å². The Labute approximate surface area is 287 Å². The molecule has 2 rings (SSSR count). The second kappa shape index (κ2) is 18.2. The van der Waals surface area contributed by atoms with Crippen LogP contribution in [-0.4, -0.2) is 75.8 Å². The van der Waals surface area contributed by atoms with Gasteiger partial charge in [0.2, 0.25) is 0 Å². The van der Waals surface area contributed by atoms with Crippen molar-refractivity contribution in [3.63, 3.8) is 0 Å². The molecule has 0 aliphatic rings. The molecule has 0 radical (unpaired) electrons. The Morgan fingerprint density at radius 1 is 0.723 bits per heavy atom. The van der Waals surface area contributed by atoms with Crippen molar-refractivity contribution in [2.24, 2.45) is 10.8 Å². The Morgan fingerprint density at radius 3 is 1.64 bits per heavy atom. The standard InChI is InChI=1S/C41H67N2O4/c1-13-31(4)35-18-16-34(17-19-35)29-43(11,12)25-27-47-39(45)41(8,30-40(7,15-3)38(44)46-26-24-42(9)10)28-33(6)37-22-20-36(21-23-37)32(5)14-2/h16-23,31-33H,13-15,24-30H2,1-12H3/q+1. The zero-order chi connectivity index (χ0) is 35.4. The van der Waals surface area contributed by atoms with E-state index in [-0.39, 0.29) is 17.9 Å². The van der Waals surface area contributed by atoms with E-state index in [1.165, 1.54) is 22.3 Å². The third kappa shape index (κ3) is 12.4. The first kappa shape index (κ1) is 40.5. The van der Waals surface area contributed by atoms with Gasteiger partial charge < -0.3 is 18.9 Å². The summed E-state index contributed by atoms with van der Waals surface area (Å²) in [6.07, 6.45) is 3.75. The number of rotatable bonds is 20. The quantitative estimate of drug-likeness (QED) is 0.106. The van der Waals surface area contributed by atoms with Crippen LogP contribution in [0.1, 0.15) is 128 Å². The molecule has 0 bridgehead atoms. The van der Waals surface area contributed by atoms with Gasteiger partial charge in [-0.2, -0.15) is 0 Å². The van der Waals surface area contributed by atoms with Crippen molar-refractivity contribution in [1.82, 2.24) is 4.90 Å². The van der Waals surface area contributed by atoms with Crippen molar-refractivity contribution in [3.05, 3.63) is 70.8 Å². The van der Waals surface area contributed by atoms with Gasteiger partial charge in [-0.3, -0.25) is 9.59 Å². The summed E-state index contributed by atoms with van der Waals surface area (Å²) >= 11 is 0. The normalized spacial score (nSPS) is 16.5. The van der Waals surface area contributed by atoms with E-state index in [4.69, 9.17) is 9.47 Å². The lowest BCUT2D eigenvalue weighted by Gasteiger charge is -2.38. The van der Waals surface area contributed by atoms with Gasteiger partial charge in [-0.25, -0.2) is 0 Å². The van der Waals surface area contributed by atoms with Crippen LogP contribution < -0.4 is 0 Å². The van der Waals surface area contributed by atoms with Crippen molar-refractivity contribution in [2.45, 2.75) is 112 Å². The molecule has 0 aromatic heterocycles. The van der Waals surface area contributed by atoms with Crippen molar-refractivity contribution < 1.29 is 23.5 Å². The number of benzene rings is 2. The molecule has 0 N–H and O–H groups in total. The first-order chi connectivity index (χ1) is 22.0. The van der Waals surface area contributed by atoms with Crippen LogP contribution in [0.4, 0.5) is 0 Å². The van der Waals surface area contributed by atoms with E-state index < -0.39 is 10.8 Å². The summed E-state index contributed by atoms with van der Waals surface area (Å²) in [6, 6.07) is 17.8. The van der Waals surface area contributed by atoms with Crippen LogP contribution in [0.3, 0.4) is 0 Å². The lowest BCUT2D eigenvalue weighted by molar-refractivity contribution is -0.903. The van der Waals surface area contributed by atoms with Gasteiger partial charge in [0.1, 0.15) is 26.3 Å². The number of carbonyl (C=O) groups is 2. The number of hydrogen-bond donors (Lipinski definition) is 0. The van der Waals surface area contributed by atoms with E-state index in [1.807, 2.05) is 39.8 Å². The maximum absolute atomic E-state index is 14.1. The minimum atomic E-state index is -0.872. The Morgan fingerprint density at radius 2 is 1.17 bits per heavy atom. The SMILES string of the molecule is CCC(C)c1ccc(C[N+](C)(C)CCOC(=O)C(C)(CC(C)c2ccc(C(C)CC)cc2)CC(C)(CC)C(=O)OCCN(C)C)cc1. The molecule has 0 fully saturated rings. The maximum Gasteiger partial charge on any atom is 0.312 e. The van der Waals surface area contributed by atoms with E-state index in [0.717, 1.165) is 19.4 Å². The average molecular weight is 652 g/mol. The van der Waals surface area contributed by atoms with Crippen molar-refractivity contribution in [3.8, 4) is 0 Å². The minimum Gasteiger partial charge on any atom is -0.464 e. The van der Waals surface area contributed by atoms with Gasteiger partial charge in [-0.1, -0.05) is 90.1 Å². The zero-order valence-corrected chi connectivity index (χ0v) is 31.9. The predicted molar refractivity (Wildman–Crippen MR) is 196 cm³/mol. The molecule has 0 saturated heterocycles. The van der Waals surface area contributed by atoms with Crippen LogP contribution in [0, 0.1) is 10.8 Å². The van der Waals surface area contributed by atoms with Crippen molar-refractivity contribution >= 4 is 11.9 Å². The second-order valence-corrected chi connectivity index (χ2v) is 15.7. The van der Waals surface area contributed by atoms with Crippen LogP contribution >= 0.6 is 0 Å². The molecule has 5 unspecified atom stereocenters. The molecule has 264 valence electrons. The molecule has 0 aliphatic carbocycles. The Balaban J connectivity index is 2.23. The number of nitrogens with zero attached hydrogens (tertiary/aromatic N) is 2. The number of likely N-dealkylation sites (N-methyl/N-ethyl adjacent to an activating group) is 2. The summed E-state index contributed by atoms with van der Waals surface area (Å²) in [5, 5.41) is 0. The van der Waals surface area contributed by atoms with E-state index >= 15 is 0 Å². The van der Waals surface area contributed by atoms with Gasteiger partial charge in [0.05, 0.1) is 24.9 Å². The molecule has 6 nitrogen and oxygen atoms in total. The highest BCUT2D eigenvalue weighted by atomic mass is 16.5. The lowest BCUT2D eigenvalue weighted by Crippen LogP contribution is -2.44. The molecule has 2 aromatic carbocycles. The highest BCUT2D eigenvalue weighted by molar-refractivity contribution is 5.80. The second-order valence-electron chi connectivity index (χ2n) is 15.7. The van der Waals surface area contributed by atoms with Crippen molar-refractivity contribution in [1.29, 1.82) is 0 Å². The molecular weight excluding hydrogens is 584 g/mol. The van der Waals surface area contributed by atoms with E-state index in [0.29, 0.717) is 61.9 Å². The van der Waals surface area contributed by atoms with Crippen LogP contribution in [0.5, 0.6) is 0 Å². The summed E-state index contributed by atoms with van der Waals surface area (Å²) in [6.45, 7) is 19.9. The third-order valence-corrected chi connectivity index (χ3v) is 10.5. The molecule has 5 atom stereocenters. The van der Waals surface area contributed by atoms with Gasteiger partial charge in [-0.05, 0) is 94.5 Å². The summed E-state index contributed by atoms with van der Waals surface area (Å²) in [5.74, 6) is 0.689. The Bertz CT molecular complexity index is 1240. The molecular formula is C41H67N2O4+. The summed E-state index contributed by atoms with van der Waals surface area (Å²) in [5.41, 5.74) is 3.49. The molecule has 47 heavy (non-hydrogen) atoms. The van der Waals surface area contributed by atoms with E-state index in [9.17, 15) is 9.59 Å². The Hall–Kier alpha value is -2.70. The number of quaternary nitrogens is 1. The zero-order valence-electron chi connectivity index (χ0n) is 31.9. The van der Waals surface area contributed by atoms with E-state index in [1.54, 1.807) is 0 Å². The van der Waals surface area contributed by atoms with Gasteiger partial charge in [0.25, 0.3) is 0 Å². The minimum absolute atomic E-state index is 0.107. The summed E-state index contributed by atoms with van der Waals surface area (Å²) in [4.78, 5) is 29.6. The molecule has 0 aliphatic heterocycles. The number of esters is 2. The fraction of sp³-hybridized carbons (Fsp3) is 0.659. The van der Waals surface area contributed by atoms with Gasteiger partial charge in [0.15, 0.2) is 0 Å². The first-order valence-corrected chi connectivity index (χ1v) is 18.0. The fourth-order valence-corrected chi connectivity index (χ4v) is 6.43. The van der Waals surface area contributed by atoms with Gasteiger partial charge >= 0.3 is 11.9 Å². The Kier molecular flexibility index (Phi) is 15.6. The maximum atomic E-state index is 14.1. The predicted octanol–water partition coefficient (Wildman–Crippen LogP) is 8.94. The summed E-state index contributed by atoms with van der Waals surface area (Å²) < 4.78 is 12.6. The van der Waals surface area contributed by atoms with Gasteiger partial charge in [0, 0.05) is 12.1 Å². The molecule has 2 aromatic rings. The van der Waals surface area contributed by atoms with Crippen LogP contribution in [0.25, 0.3) is 0 Å². The first-order valence-electron chi connectivity index (χ1n) is 18.0. The fourth-order valence-electron chi connectivity index (χ4n) is 6.43. The highest BCUT2D eigenvalue weighted by Gasteiger charge is 2.46. The third-order valence-electron chi connectivity index (χ3n) is 10.5. The smallest absolute Gasteiger partial charge is 0.312 e. The average Bonchev–Trinajstić information content (AvgIpc) is 3.03. The van der Waals surface area contributed by atoms with Gasteiger partial charge in [-0.15, -0.1) is 0 Å². The molecule has 0 saturated carbocycles. The van der Waals surface area contributed by atoms with E-state index in [2.05, 4.69) is 97.2 Å². The number of hydrogen-bond acceptors (Lipinski definition) is 5. The number of carbonyl (C=O) groups excluding carboxylic acids is 2. The molecule has 6 heteroatoms. The monoisotopic (exact) mass is 652 g/mol. The summed E-state index contributed by atoms with van der Waals surface area (Å²) in [7, 11) is 8.28. The number of ether oxygens (including phenoxy) is 2. The molecule has 0 amide bonds.